The van der Waals surface area contributed by atoms with Gasteiger partial charge in [0.15, 0.2) is 0 Å². The van der Waals surface area contributed by atoms with Crippen molar-refractivity contribution in [1.82, 2.24) is 14.9 Å². The SMILES string of the molecule is CCCc1cc(=O)n(CC(=O)NCc2cccs2)cn1. The van der Waals surface area contributed by atoms with Gasteiger partial charge in [0.1, 0.15) is 6.54 Å². The minimum Gasteiger partial charge on any atom is -0.350 e. The van der Waals surface area contributed by atoms with Crippen molar-refractivity contribution >= 4 is 17.2 Å². The van der Waals surface area contributed by atoms with Crippen molar-refractivity contribution in [1.29, 1.82) is 0 Å². The van der Waals surface area contributed by atoms with Crippen LogP contribution in [-0.2, 0) is 24.3 Å². The molecule has 0 spiro atoms. The lowest BCUT2D eigenvalue weighted by Crippen LogP contribution is -2.32. The van der Waals surface area contributed by atoms with Crippen molar-refractivity contribution < 1.29 is 4.79 Å². The number of nitrogens with zero attached hydrogens (tertiary/aromatic N) is 2. The van der Waals surface area contributed by atoms with Gasteiger partial charge in [-0.25, -0.2) is 4.98 Å². The van der Waals surface area contributed by atoms with Gasteiger partial charge in [0.05, 0.1) is 12.9 Å². The zero-order valence-corrected chi connectivity index (χ0v) is 12.2. The third-order valence-corrected chi connectivity index (χ3v) is 3.67. The van der Waals surface area contributed by atoms with E-state index in [9.17, 15) is 9.59 Å². The number of amides is 1. The lowest BCUT2D eigenvalue weighted by atomic mass is 10.2. The van der Waals surface area contributed by atoms with Crippen LogP contribution in [0.25, 0.3) is 0 Å². The lowest BCUT2D eigenvalue weighted by Gasteiger charge is -2.07. The van der Waals surface area contributed by atoms with Crippen LogP contribution in [-0.4, -0.2) is 15.5 Å². The molecule has 20 heavy (non-hydrogen) atoms. The van der Waals surface area contributed by atoms with Crippen LogP contribution in [0.4, 0.5) is 0 Å². The van der Waals surface area contributed by atoms with Crippen LogP contribution in [0.15, 0.2) is 34.7 Å². The standard InChI is InChI=1S/C14H17N3O2S/c1-2-4-11-7-14(19)17(10-16-11)9-13(18)15-8-12-5-3-6-20-12/h3,5-7,10H,2,4,8-9H2,1H3,(H,15,18). The van der Waals surface area contributed by atoms with Gasteiger partial charge < -0.3 is 5.32 Å². The van der Waals surface area contributed by atoms with E-state index in [1.54, 1.807) is 11.3 Å². The summed E-state index contributed by atoms with van der Waals surface area (Å²) >= 11 is 1.59. The molecule has 0 unspecified atom stereocenters. The van der Waals surface area contributed by atoms with Crippen LogP contribution >= 0.6 is 11.3 Å². The smallest absolute Gasteiger partial charge is 0.253 e. The van der Waals surface area contributed by atoms with Crippen LogP contribution in [0, 0.1) is 0 Å². The number of carbonyl (C=O) groups excluding carboxylic acids is 1. The Morgan fingerprint density at radius 3 is 3.00 bits per heavy atom. The molecule has 1 N–H and O–H groups in total. The van der Waals surface area contributed by atoms with Gasteiger partial charge in [-0.15, -0.1) is 11.3 Å². The second kappa shape index (κ2) is 7.00. The lowest BCUT2D eigenvalue weighted by molar-refractivity contribution is -0.121. The molecule has 2 aromatic rings. The van der Waals surface area contributed by atoms with E-state index in [0.717, 1.165) is 23.4 Å². The summed E-state index contributed by atoms with van der Waals surface area (Å²) in [6.45, 7) is 2.53. The van der Waals surface area contributed by atoms with Gasteiger partial charge in [-0.05, 0) is 17.9 Å². The molecule has 2 rings (SSSR count). The monoisotopic (exact) mass is 291 g/mol. The van der Waals surface area contributed by atoms with Crippen LogP contribution in [0.1, 0.15) is 23.9 Å². The van der Waals surface area contributed by atoms with Gasteiger partial charge >= 0.3 is 0 Å². The van der Waals surface area contributed by atoms with Crippen molar-refractivity contribution in [3.8, 4) is 0 Å². The zero-order chi connectivity index (χ0) is 14.4. The highest BCUT2D eigenvalue weighted by Crippen LogP contribution is 2.07. The number of nitrogens with one attached hydrogen (secondary N) is 1. The zero-order valence-electron chi connectivity index (χ0n) is 11.3. The molecule has 106 valence electrons. The van der Waals surface area contributed by atoms with Crippen LogP contribution in [0.2, 0.25) is 0 Å². The molecule has 0 saturated carbocycles. The van der Waals surface area contributed by atoms with E-state index in [0.29, 0.717) is 6.54 Å². The predicted octanol–water partition coefficient (Wildman–Crippen LogP) is 1.57. The first-order valence-electron chi connectivity index (χ1n) is 6.53. The summed E-state index contributed by atoms with van der Waals surface area (Å²) in [5.74, 6) is -0.189. The minimum atomic E-state index is -0.189. The quantitative estimate of drug-likeness (QED) is 0.878. The first kappa shape index (κ1) is 14.5. The van der Waals surface area contributed by atoms with Crippen molar-refractivity contribution in [3.63, 3.8) is 0 Å². The fourth-order valence-corrected chi connectivity index (χ4v) is 2.43. The predicted molar refractivity (Wildman–Crippen MR) is 78.7 cm³/mol. The maximum Gasteiger partial charge on any atom is 0.253 e. The molecule has 1 amide bonds. The summed E-state index contributed by atoms with van der Waals surface area (Å²) in [6, 6.07) is 5.39. The highest BCUT2D eigenvalue weighted by Gasteiger charge is 2.06. The van der Waals surface area contributed by atoms with E-state index < -0.39 is 0 Å². The Bertz CT molecular complexity index is 620. The summed E-state index contributed by atoms with van der Waals surface area (Å²) in [7, 11) is 0. The molecule has 0 atom stereocenters. The van der Waals surface area contributed by atoms with Crippen LogP contribution in [0.3, 0.4) is 0 Å². The highest BCUT2D eigenvalue weighted by atomic mass is 32.1. The first-order chi connectivity index (χ1) is 9.69. The number of aryl methyl sites for hydroxylation is 1. The summed E-state index contributed by atoms with van der Waals surface area (Å²) in [4.78, 5) is 28.9. The first-order valence-corrected chi connectivity index (χ1v) is 7.41. The number of carbonyl (C=O) groups is 1. The summed E-state index contributed by atoms with van der Waals surface area (Å²) in [5, 5.41) is 4.75. The molecular formula is C14H17N3O2S. The second-order valence-electron chi connectivity index (χ2n) is 4.45. The van der Waals surface area contributed by atoms with Crippen molar-refractivity contribution in [2.24, 2.45) is 0 Å². The molecule has 0 radical (unpaired) electrons. The Balaban J connectivity index is 1.92. The number of aromatic nitrogens is 2. The largest absolute Gasteiger partial charge is 0.350 e. The van der Waals surface area contributed by atoms with Crippen molar-refractivity contribution in [2.45, 2.75) is 32.9 Å². The van der Waals surface area contributed by atoms with Crippen LogP contribution < -0.4 is 10.9 Å². The average Bonchev–Trinajstić information content (AvgIpc) is 2.93. The second-order valence-corrected chi connectivity index (χ2v) is 5.48. The van der Waals surface area contributed by atoms with E-state index >= 15 is 0 Å². The number of rotatable bonds is 6. The Morgan fingerprint density at radius 2 is 2.35 bits per heavy atom. The van der Waals surface area contributed by atoms with Gasteiger partial charge in [-0.1, -0.05) is 19.4 Å². The number of thiophene rings is 1. The van der Waals surface area contributed by atoms with Crippen molar-refractivity contribution in [2.75, 3.05) is 0 Å². The third-order valence-electron chi connectivity index (χ3n) is 2.80. The molecule has 2 heterocycles. The van der Waals surface area contributed by atoms with E-state index in [1.807, 2.05) is 24.4 Å². The fraction of sp³-hybridized carbons (Fsp3) is 0.357. The Kier molecular flexibility index (Phi) is 5.06. The number of hydrogen-bond acceptors (Lipinski definition) is 4. The van der Waals surface area contributed by atoms with Gasteiger partial charge in [-0.2, -0.15) is 0 Å². The van der Waals surface area contributed by atoms with Gasteiger partial charge in [-0.3, -0.25) is 14.2 Å². The molecule has 0 saturated heterocycles. The van der Waals surface area contributed by atoms with E-state index in [2.05, 4.69) is 10.3 Å². The number of hydrogen-bond donors (Lipinski definition) is 1. The minimum absolute atomic E-state index is 0.00358. The third kappa shape index (κ3) is 4.03. The van der Waals surface area contributed by atoms with Gasteiger partial charge in [0, 0.05) is 16.6 Å². The molecular weight excluding hydrogens is 274 g/mol. The molecule has 0 bridgehead atoms. The molecule has 0 aromatic carbocycles. The summed E-state index contributed by atoms with van der Waals surface area (Å²) < 4.78 is 1.32. The normalized spacial score (nSPS) is 10.4. The topological polar surface area (TPSA) is 64.0 Å². The molecule has 2 aromatic heterocycles. The van der Waals surface area contributed by atoms with Crippen molar-refractivity contribution in [3.05, 3.63) is 50.8 Å². The van der Waals surface area contributed by atoms with E-state index in [-0.39, 0.29) is 18.0 Å². The highest BCUT2D eigenvalue weighted by molar-refractivity contribution is 7.09. The molecule has 0 aliphatic rings. The molecule has 6 heteroatoms. The Morgan fingerprint density at radius 1 is 1.50 bits per heavy atom. The summed E-state index contributed by atoms with van der Waals surface area (Å²) in [6.07, 6.45) is 3.16. The maximum absolute atomic E-state index is 11.8. The molecule has 5 nitrogen and oxygen atoms in total. The van der Waals surface area contributed by atoms with Gasteiger partial charge in [0.25, 0.3) is 5.56 Å². The van der Waals surface area contributed by atoms with E-state index in [4.69, 9.17) is 0 Å². The molecule has 0 aliphatic carbocycles. The fourth-order valence-electron chi connectivity index (χ4n) is 1.78. The van der Waals surface area contributed by atoms with E-state index in [1.165, 1.54) is 17.0 Å². The maximum atomic E-state index is 11.8. The molecule has 0 fully saturated rings. The Hall–Kier alpha value is -1.95. The Labute approximate surface area is 121 Å². The molecule has 0 aliphatic heterocycles. The van der Waals surface area contributed by atoms with Gasteiger partial charge in [0.2, 0.25) is 5.91 Å². The van der Waals surface area contributed by atoms with Crippen LogP contribution in [0.5, 0.6) is 0 Å². The summed E-state index contributed by atoms with van der Waals surface area (Å²) in [5.41, 5.74) is 0.586. The average molecular weight is 291 g/mol.